The molecule has 0 aromatic heterocycles. The van der Waals surface area contributed by atoms with Crippen LogP contribution in [0.2, 0.25) is 0 Å². The van der Waals surface area contributed by atoms with E-state index in [4.69, 9.17) is 25.1 Å². The molecular weight excluding hydrogens is 210 g/mol. The Morgan fingerprint density at radius 2 is 2.19 bits per heavy atom. The van der Waals surface area contributed by atoms with Crippen molar-refractivity contribution in [1.82, 2.24) is 0 Å². The maximum atomic E-state index is 9.06. The van der Waals surface area contributed by atoms with Gasteiger partial charge in [-0.1, -0.05) is 0 Å². The van der Waals surface area contributed by atoms with Gasteiger partial charge in [0.2, 0.25) is 5.75 Å². The number of aliphatic hydroxyl groups excluding tert-OH is 1. The minimum atomic E-state index is -0.481. The van der Waals surface area contributed by atoms with E-state index in [1.807, 2.05) is 0 Å². The van der Waals surface area contributed by atoms with Gasteiger partial charge in [-0.2, -0.15) is 0 Å². The van der Waals surface area contributed by atoms with Crippen LogP contribution < -0.4 is 19.9 Å². The van der Waals surface area contributed by atoms with Crippen molar-refractivity contribution in [2.45, 2.75) is 6.04 Å². The summed E-state index contributed by atoms with van der Waals surface area (Å²) in [5, 5.41) is 9.06. The predicted octanol–water partition coefficient (Wildman–Crippen LogP) is 0.458. The Hall–Kier alpha value is -1.46. The average Bonchev–Trinajstić information content (AvgIpc) is 2.36. The van der Waals surface area contributed by atoms with Crippen molar-refractivity contribution in [2.75, 3.05) is 26.9 Å². The van der Waals surface area contributed by atoms with Crippen molar-refractivity contribution in [3.63, 3.8) is 0 Å². The van der Waals surface area contributed by atoms with Crippen molar-refractivity contribution in [2.24, 2.45) is 5.73 Å². The molecule has 3 N–H and O–H groups in total. The molecule has 1 aliphatic rings. The van der Waals surface area contributed by atoms with Crippen molar-refractivity contribution in [3.05, 3.63) is 17.7 Å². The number of benzene rings is 1. The Balaban J connectivity index is 2.47. The minimum absolute atomic E-state index is 0.143. The second-order valence-corrected chi connectivity index (χ2v) is 3.50. The van der Waals surface area contributed by atoms with Crippen LogP contribution in [0.3, 0.4) is 0 Å². The number of methoxy groups -OCH3 is 1. The molecule has 16 heavy (non-hydrogen) atoms. The number of nitrogens with two attached hydrogens (primary N) is 1. The summed E-state index contributed by atoms with van der Waals surface area (Å²) in [6, 6.07) is 3.08. The fourth-order valence-electron chi connectivity index (χ4n) is 1.71. The van der Waals surface area contributed by atoms with Crippen molar-refractivity contribution in [1.29, 1.82) is 0 Å². The van der Waals surface area contributed by atoms with Crippen molar-refractivity contribution < 1.29 is 19.3 Å². The van der Waals surface area contributed by atoms with Crippen LogP contribution in [-0.2, 0) is 0 Å². The smallest absolute Gasteiger partial charge is 0.204 e. The Morgan fingerprint density at radius 3 is 2.88 bits per heavy atom. The second kappa shape index (κ2) is 4.59. The highest BCUT2D eigenvalue weighted by molar-refractivity contribution is 5.57. The standard InChI is InChI=1S/C11H15NO4/c1-14-10-7(8(12)6-13)2-3-9-11(10)16-5-4-15-9/h2-3,8,13H,4-6,12H2,1H3. The molecule has 5 nitrogen and oxygen atoms in total. The van der Waals surface area contributed by atoms with Crippen LogP contribution in [0.15, 0.2) is 12.1 Å². The summed E-state index contributed by atoms with van der Waals surface area (Å²) < 4.78 is 16.2. The van der Waals surface area contributed by atoms with Gasteiger partial charge >= 0.3 is 0 Å². The van der Waals surface area contributed by atoms with Crippen LogP contribution in [0, 0.1) is 0 Å². The van der Waals surface area contributed by atoms with Gasteiger partial charge in [-0.3, -0.25) is 0 Å². The molecule has 1 heterocycles. The predicted molar refractivity (Wildman–Crippen MR) is 58.0 cm³/mol. The molecular formula is C11H15NO4. The summed E-state index contributed by atoms with van der Waals surface area (Å²) in [5.74, 6) is 1.76. The molecule has 1 aliphatic heterocycles. The normalized spacial score (nSPS) is 15.7. The lowest BCUT2D eigenvalue weighted by Crippen LogP contribution is -2.19. The molecule has 0 saturated heterocycles. The fourth-order valence-corrected chi connectivity index (χ4v) is 1.71. The van der Waals surface area contributed by atoms with Gasteiger partial charge in [-0.15, -0.1) is 0 Å². The van der Waals surface area contributed by atoms with Gasteiger partial charge in [0.1, 0.15) is 13.2 Å². The topological polar surface area (TPSA) is 73.9 Å². The van der Waals surface area contributed by atoms with E-state index in [1.54, 1.807) is 19.2 Å². The van der Waals surface area contributed by atoms with E-state index < -0.39 is 6.04 Å². The number of aliphatic hydroxyl groups is 1. The third kappa shape index (κ3) is 1.79. The van der Waals surface area contributed by atoms with Gasteiger partial charge in [-0.25, -0.2) is 0 Å². The molecule has 1 aromatic carbocycles. The molecule has 0 amide bonds. The number of ether oxygens (including phenoxy) is 3. The van der Waals surface area contributed by atoms with E-state index in [0.717, 1.165) is 0 Å². The average molecular weight is 225 g/mol. The summed E-state index contributed by atoms with van der Waals surface area (Å²) in [4.78, 5) is 0. The van der Waals surface area contributed by atoms with Crippen LogP contribution in [-0.4, -0.2) is 32.0 Å². The lowest BCUT2D eigenvalue weighted by molar-refractivity contribution is 0.164. The summed E-state index contributed by atoms with van der Waals surface area (Å²) >= 11 is 0. The van der Waals surface area contributed by atoms with Gasteiger partial charge in [0.15, 0.2) is 11.5 Å². The minimum Gasteiger partial charge on any atom is -0.492 e. The SMILES string of the molecule is COc1c(C(N)CO)ccc2c1OCCO2. The van der Waals surface area contributed by atoms with Crippen LogP contribution in [0.5, 0.6) is 17.2 Å². The van der Waals surface area contributed by atoms with Gasteiger partial charge in [0.05, 0.1) is 19.8 Å². The highest BCUT2D eigenvalue weighted by atomic mass is 16.6. The van der Waals surface area contributed by atoms with Crippen LogP contribution in [0.4, 0.5) is 0 Å². The zero-order chi connectivity index (χ0) is 11.5. The quantitative estimate of drug-likeness (QED) is 0.781. The van der Waals surface area contributed by atoms with Gasteiger partial charge < -0.3 is 25.1 Å². The van der Waals surface area contributed by atoms with Gasteiger partial charge in [0.25, 0.3) is 0 Å². The Bertz CT molecular complexity index is 380. The first-order valence-corrected chi connectivity index (χ1v) is 5.11. The molecule has 0 spiro atoms. The number of hydrogen-bond acceptors (Lipinski definition) is 5. The molecule has 0 saturated carbocycles. The Kier molecular flexibility index (Phi) is 3.17. The Labute approximate surface area is 93.7 Å². The third-order valence-electron chi connectivity index (χ3n) is 2.49. The highest BCUT2D eigenvalue weighted by Gasteiger charge is 2.22. The molecule has 1 unspecified atom stereocenters. The molecule has 0 fully saturated rings. The van der Waals surface area contributed by atoms with E-state index in [2.05, 4.69) is 0 Å². The zero-order valence-electron chi connectivity index (χ0n) is 9.10. The van der Waals surface area contributed by atoms with Crippen molar-refractivity contribution in [3.8, 4) is 17.2 Å². The number of rotatable bonds is 3. The lowest BCUT2D eigenvalue weighted by Gasteiger charge is -2.23. The summed E-state index contributed by atoms with van der Waals surface area (Å²) in [5.41, 5.74) is 6.49. The lowest BCUT2D eigenvalue weighted by atomic mass is 10.1. The molecule has 0 bridgehead atoms. The fraction of sp³-hybridized carbons (Fsp3) is 0.455. The number of hydrogen-bond donors (Lipinski definition) is 2. The molecule has 0 radical (unpaired) electrons. The van der Waals surface area contributed by atoms with E-state index in [0.29, 0.717) is 36.0 Å². The van der Waals surface area contributed by atoms with Gasteiger partial charge in [0, 0.05) is 5.56 Å². The Morgan fingerprint density at radius 1 is 1.44 bits per heavy atom. The first-order valence-electron chi connectivity index (χ1n) is 5.11. The van der Waals surface area contributed by atoms with Crippen LogP contribution >= 0.6 is 0 Å². The summed E-state index contributed by atoms with van der Waals surface area (Å²) in [7, 11) is 1.54. The molecule has 5 heteroatoms. The van der Waals surface area contributed by atoms with Gasteiger partial charge in [-0.05, 0) is 12.1 Å². The van der Waals surface area contributed by atoms with E-state index >= 15 is 0 Å². The summed E-state index contributed by atoms with van der Waals surface area (Å²) in [6.45, 7) is 0.874. The number of fused-ring (bicyclic) bond motifs is 1. The summed E-state index contributed by atoms with van der Waals surface area (Å²) in [6.07, 6.45) is 0. The van der Waals surface area contributed by atoms with Crippen LogP contribution in [0.1, 0.15) is 11.6 Å². The van der Waals surface area contributed by atoms with Crippen molar-refractivity contribution >= 4 is 0 Å². The zero-order valence-corrected chi connectivity index (χ0v) is 9.10. The first kappa shape index (κ1) is 11.0. The van der Waals surface area contributed by atoms with E-state index in [-0.39, 0.29) is 6.61 Å². The monoisotopic (exact) mass is 225 g/mol. The maximum Gasteiger partial charge on any atom is 0.204 e. The maximum absolute atomic E-state index is 9.06. The molecule has 0 aliphatic carbocycles. The second-order valence-electron chi connectivity index (χ2n) is 3.50. The molecule has 1 aromatic rings. The van der Waals surface area contributed by atoms with Crippen LogP contribution in [0.25, 0.3) is 0 Å². The largest absolute Gasteiger partial charge is 0.492 e. The van der Waals surface area contributed by atoms with E-state index in [1.165, 1.54) is 0 Å². The molecule has 88 valence electrons. The third-order valence-corrected chi connectivity index (χ3v) is 2.49. The van der Waals surface area contributed by atoms with E-state index in [9.17, 15) is 0 Å². The highest BCUT2D eigenvalue weighted by Crippen LogP contribution is 2.43. The first-order chi connectivity index (χ1) is 7.77. The molecule has 1 atom stereocenters. The molecule has 2 rings (SSSR count).